The normalized spacial score (nSPS) is 12.2. The third-order valence-electron chi connectivity index (χ3n) is 2.87. The van der Waals surface area contributed by atoms with Crippen molar-refractivity contribution in [3.63, 3.8) is 0 Å². The van der Waals surface area contributed by atoms with Gasteiger partial charge in [0.15, 0.2) is 0 Å². The SMILES string of the molecule is COc1c(Br)cc(Cl)cc1C(O)Cc1ccccc1. The Kier molecular flexibility index (Phi) is 4.86. The van der Waals surface area contributed by atoms with Crippen molar-refractivity contribution in [3.05, 3.63) is 63.1 Å². The van der Waals surface area contributed by atoms with E-state index in [1.807, 2.05) is 30.3 Å². The van der Waals surface area contributed by atoms with Gasteiger partial charge in [-0.1, -0.05) is 41.9 Å². The van der Waals surface area contributed by atoms with Crippen molar-refractivity contribution in [2.45, 2.75) is 12.5 Å². The Labute approximate surface area is 126 Å². The molecule has 0 fully saturated rings. The molecule has 0 bridgehead atoms. The van der Waals surface area contributed by atoms with Crippen molar-refractivity contribution in [3.8, 4) is 5.75 Å². The zero-order valence-electron chi connectivity index (χ0n) is 10.4. The highest BCUT2D eigenvalue weighted by Crippen LogP contribution is 2.36. The second-order valence-electron chi connectivity index (χ2n) is 4.22. The number of ether oxygens (including phenoxy) is 1. The summed E-state index contributed by atoms with van der Waals surface area (Å²) >= 11 is 9.42. The predicted octanol–water partition coefficient (Wildman–Crippen LogP) is 4.39. The maximum atomic E-state index is 10.4. The lowest BCUT2D eigenvalue weighted by atomic mass is 10.0. The van der Waals surface area contributed by atoms with E-state index >= 15 is 0 Å². The van der Waals surface area contributed by atoms with Crippen LogP contribution < -0.4 is 4.74 Å². The van der Waals surface area contributed by atoms with Crippen LogP contribution in [0, 0.1) is 0 Å². The summed E-state index contributed by atoms with van der Waals surface area (Å²) in [6, 6.07) is 13.3. The third-order valence-corrected chi connectivity index (χ3v) is 3.68. The van der Waals surface area contributed by atoms with Gasteiger partial charge in [-0.3, -0.25) is 0 Å². The summed E-state index contributed by atoms with van der Waals surface area (Å²) in [7, 11) is 1.58. The zero-order chi connectivity index (χ0) is 13.8. The lowest BCUT2D eigenvalue weighted by Gasteiger charge is -2.16. The second kappa shape index (κ2) is 6.42. The molecule has 1 N–H and O–H groups in total. The Balaban J connectivity index is 2.30. The van der Waals surface area contributed by atoms with Crippen LogP contribution in [0.5, 0.6) is 5.75 Å². The van der Waals surface area contributed by atoms with Gasteiger partial charge in [0.05, 0.1) is 17.7 Å². The average Bonchev–Trinajstić information content (AvgIpc) is 2.39. The molecule has 2 aromatic rings. The van der Waals surface area contributed by atoms with Gasteiger partial charge in [0.2, 0.25) is 0 Å². The van der Waals surface area contributed by atoms with Gasteiger partial charge in [0, 0.05) is 17.0 Å². The van der Waals surface area contributed by atoms with Gasteiger partial charge in [-0.15, -0.1) is 0 Å². The number of hydrogen-bond donors (Lipinski definition) is 1. The van der Waals surface area contributed by atoms with Gasteiger partial charge in [-0.25, -0.2) is 0 Å². The lowest BCUT2D eigenvalue weighted by molar-refractivity contribution is 0.174. The first kappa shape index (κ1) is 14.4. The van der Waals surface area contributed by atoms with E-state index in [9.17, 15) is 5.11 Å². The van der Waals surface area contributed by atoms with Crippen LogP contribution in [0.1, 0.15) is 17.2 Å². The molecule has 4 heteroatoms. The molecule has 0 heterocycles. The molecule has 1 atom stereocenters. The fourth-order valence-electron chi connectivity index (χ4n) is 1.99. The van der Waals surface area contributed by atoms with Crippen molar-refractivity contribution < 1.29 is 9.84 Å². The van der Waals surface area contributed by atoms with E-state index in [1.165, 1.54) is 0 Å². The first-order chi connectivity index (χ1) is 9.11. The Morgan fingerprint density at radius 3 is 2.58 bits per heavy atom. The maximum absolute atomic E-state index is 10.4. The van der Waals surface area contributed by atoms with Gasteiger partial charge in [-0.2, -0.15) is 0 Å². The third kappa shape index (κ3) is 3.50. The molecule has 2 aromatic carbocycles. The predicted molar refractivity (Wildman–Crippen MR) is 80.8 cm³/mol. The molecule has 19 heavy (non-hydrogen) atoms. The van der Waals surface area contributed by atoms with Crippen molar-refractivity contribution in [2.75, 3.05) is 7.11 Å². The number of benzene rings is 2. The molecule has 0 saturated heterocycles. The summed E-state index contributed by atoms with van der Waals surface area (Å²) in [5.74, 6) is 0.618. The molecule has 0 spiro atoms. The van der Waals surface area contributed by atoms with E-state index in [2.05, 4.69) is 15.9 Å². The standard InChI is InChI=1S/C15H14BrClO2/c1-19-15-12(8-11(17)9-13(15)16)14(18)7-10-5-3-2-4-6-10/h2-6,8-9,14,18H,7H2,1H3. The molecule has 0 radical (unpaired) electrons. The summed E-state index contributed by atoms with van der Waals surface area (Å²) in [6.45, 7) is 0. The van der Waals surface area contributed by atoms with Crippen LogP contribution in [-0.2, 0) is 6.42 Å². The highest BCUT2D eigenvalue weighted by Gasteiger charge is 2.17. The van der Waals surface area contributed by atoms with Crippen LogP contribution >= 0.6 is 27.5 Å². The van der Waals surface area contributed by atoms with Gasteiger partial charge in [0.25, 0.3) is 0 Å². The molecule has 1 unspecified atom stereocenters. The molecule has 0 amide bonds. The van der Waals surface area contributed by atoms with Crippen LogP contribution in [0.25, 0.3) is 0 Å². The molecule has 2 rings (SSSR count). The van der Waals surface area contributed by atoms with Gasteiger partial charge < -0.3 is 9.84 Å². The van der Waals surface area contributed by atoms with Crippen LogP contribution in [0.4, 0.5) is 0 Å². The number of aliphatic hydroxyl groups is 1. The van der Waals surface area contributed by atoms with Gasteiger partial charge in [-0.05, 0) is 33.6 Å². The number of methoxy groups -OCH3 is 1. The van der Waals surface area contributed by atoms with Crippen molar-refractivity contribution in [1.82, 2.24) is 0 Å². The fraction of sp³-hybridized carbons (Fsp3) is 0.200. The molecule has 0 aromatic heterocycles. The summed E-state index contributed by atoms with van der Waals surface area (Å²) in [5, 5.41) is 10.9. The summed E-state index contributed by atoms with van der Waals surface area (Å²) < 4.78 is 6.06. The summed E-state index contributed by atoms with van der Waals surface area (Å²) in [4.78, 5) is 0. The Bertz CT molecular complexity index is 558. The number of hydrogen-bond acceptors (Lipinski definition) is 2. The average molecular weight is 342 g/mol. The Morgan fingerprint density at radius 2 is 1.95 bits per heavy atom. The molecule has 0 aliphatic carbocycles. The van der Waals surface area contributed by atoms with E-state index in [0.717, 1.165) is 10.0 Å². The lowest BCUT2D eigenvalue weighted by Crippen LogP contribution is -2.04. The molecule has 2 nitrogen and oxygen atoms in total. The monoisotopic (exact) mass is 340 g/mol. The Morgan fingerprint density at radius 1 is 1.26 bits per heavy atom. The van der Waals surface area contributed by atoms with Crippen LogP contribution in [-0.4, -0.2) is 12.2 Å². The van der Waals surface area contributed by atoms with E-state index in [1.54, 1.807) is 19.2 Å². The minimum Gasteiger partial charge on any atom is -0.495 e. The highest BCUT2D eigenvalue weighted by atomic mass is 79.9. The molecule has 0 aliphatic heterocycles. The smallest absolute Gasteiger partial charge is 0.138 e. The van der Waals surface area contributed by atoms with E-state index < -0.39 is 6.10 Å². The first-order valence-corrected chi connectivity index (χ1v) is 7.04. The summed E-state index contributed by atoms with van der Waals surface area (Å²) in [6.07, 6.45) is -0.142. The van der Waals surface area contributed by atoms with E-state index in [0.29, 0.717) is 22.8 Å². The quantitative estimate of drug-likeness (QED) is 0.894. The first-order valence-electron chi connectivity index (χ1n) is 5.86. The molecule has 0 aliphatic rings. The maximum Gasteiger partial charge on any atom is 0.138 e. The minimum absolute atomic E-state index is 0.518. The Hall–Kier alpha value is -1.03. The van der Waals surface area contributed by atoms with Crippen LogP contribution in [0.15, 0.2) is 46.9 Å². The summed E-state index contributed by atoms with van der Waals surface area (Å²) in [5.41, 5.74) is 1.75. The number of aliphatic hydroxyl groups excluding tert-OH is 1. The largest absolute Gasteiger partial charge is 0.495 e. The molecule has 0 saturated carbocycles. The highest BCUT2D eigenvalue weighted by molar-refractivity contribution is 9.10. The van der Waals surface area contributed by atoms with Gasteiger partial charge >= 0.3 is 0 Å². The van der Waals surface area contributed by atoms with Crippen molar-refractivity contribution in [1.29, 1.82) is 0 Å². The minimum atomic E-state index is -0.660. The van der Waals surface area contributed by atoms with Crippen LogP contribution in [0.2, 0.25) is 5.02 Å². The topological polar surface area (TPSA) is 29.5 Å². The zero-order valence-corrected chi connectivity index (χ0v) is 12.8. The molecular formula is C15H14BrClO2. The fourth-order valence-corrected chi connectivity index (χ4v) is 2.99. The van der Waals surface area contributed by atoms with Crippen molar-refractivity contribution >= 4 is 27.5 Å². The number of halogens is 2. The molecule has 100 valence electrons. The van der Waals surface area contributed by atoms with E-state index in [4.69, 9.17) is 16.3 Å². The molecular weight excluding hydrogens is 328 g/mol. The van der Waals surface area contributed by atoms with Gasteiger partial charge in [0.1, 0.15) is 5.75 Å². The van der Waals surface area contributed by atoms with Crippen molar-refractivity contribution in [2.24, 2.45) is 0 Å². The second-order valence-corrected chi connectivity index (χ2v) is 5.51. The van der Waals surface area contributed by atoms with E-state index in [-0.39, 0.29) is 0 Å². The van der Waals surface area contributed by atoms with Crippen LogP contribution in [0.3, 0.4) is 0 Å². The number of rotatable bonds is 4.